The van der Waals surface area contributed by atoms with Crippen LogP contribution in [0, 0.1) is 6.92 Å². The SMILES string of the molecule is CCOC(=O)Cn1nnc(-c2ccc(C)c(N)c2)n1. The van der Waals surface area contributed by atoms with Crippen LogP contribution in [-0.4, -0.2) is 32.8 Å². The molecule has 0 aliphatic heterocycles. The Morgan fingerprint density at radius 1 is 1.47 bits per heavy atom. The molecule has 2 rings (SSSR count). The van der Waals surface area contributed by atoms with Gasteiger partial charge in [-0.25, -0.2) is 4.79 Å². The zero-order chi connectivity index (χ0) is 13.8. The highest BCUT2D eigenvalue weighted by atomic mass is 16.5. The molecule has 0 bridgehead atoms. The predicted octanol–water partition coefficient (Wildman–Crippen LogP) is 0.794. The maximum Gasteiger partial charge on any atom is 0.329 e. The molecular formula is C12H15N5O2. The van der Waals surface area contributed by atoms with Crippen molar-refractivity contribution in [3.63, 3.8) is 0 Å². The van der Waals surface area contributed by atoms with E-state index in [4.69, 9.17) is 10.5 Å². The fourth-order valence-electron chi connectivity index (χ4n) is 1.53. The van der Waals surface area contributed by atoms with Crippen molar-refractivity contribution >= 4 is 11.7 Å². The summed E-state index contributed by atoms with van der Waals surface area (Å²) in [5.41, 5.74) is 8.24. The summed E-state index contributed by atoms with van der Waals surface area (Å²) in [5.74, 6) is 0.0332. The summed E-state index contributed by atoms with van der Waals surface area (Å²) < 4.78 is 4.81. The van der Waals surface area contributed by atoms with Crippen LogP contribution >= 0.6 is 0 Å². The van der Waals surface area contributed by atoms with Crippen LogP contribution in [0.15, 0.2) is 18.2 Å². The molecule has 7 heteroatoms. The largest absolute Gasteiger partial charge is 0.465 e. The molecule has 1 aromatic heterocycles. The van der Waals surface area contributed by atoms with Crippen LogP contribution in [0.25, 0.3) is 11.4 Å². The Morgan fingerprint density at radius 3 is 2.95 bits per heavy atom. The van der Waals surface area contributed by atoms with Crippen LogP contribution in [0.4, 0.5) is 5.69 Å². The smallest absolute Gasteiger partial charge is 0.329 e. The number of anilines is 1. The first-order valence-electron chi connectivity index (χ1n) is 5.90. The maximum absolute atomic E-state index is 11.3. The van der Waals surface area contributed by atoms with Crippen LogP contribution in [0.1, 0.15) is 12.5 Å². The van der Waals surface area contributed by atoms with Gasteiger partial charge in [0, 0.05) is 11.3 Å². The van der Waals surface area contributed by atoms with Crippen molar-refractivity contribution in [3.05, 3.63) is 23.8 Å². The number of nitrogens with two attached hydrogens (primary N) is 1. The lowest BCUT2D eigenvalue weighted by Crippen LogP contribution is -2.15. The predicted molar refractivity (Wildman–Crippen MR) is 69.0 cm³/mol. The van der Waals surface area contributed by atoms with Gasteiger partial charge in [0.05, 0.1) is 6.61 Å². The van der Waals surface area contributed by atoms with E-state index in [1.165, 1.54) is 4.80 Å². The minimum absolute atomic E-state index is 0.0534. The molecule has 0 atom stereocenters. The highest BCUT2D eigenvalue weighted by Gasteiger charge is 2.10. The summed E-state index contributed by atoms with van der Waals surface area (Å²) in [6, 6.07) is 5.52. The number of nitrogen functional groups attached to an aromatic ring is 1. The van der Waals surface area contributed by atoms with Crippen molar-refractivity contribution in [3.8, 4) is 11.4 Å². The van der Waals surface area contributed by atoms with Crippen molar-refractivity contribution in [1.82, 2.24) is 20.2 Å². The number of esters is 1. The van der Waals surface area contributed by atoms with Gasteiger partial charge < -0.3 is 10.5 Å². The number of hydrogen-bond donors (Lipinski definition) is 1. The van der Waals surface area contributed by atoms with E-state index in [0.29, 0.717) is 18.1 Å². The van der Waals surface area contributed by atoms with Crippen molar-refractivity contribution in [2.75, 3.05) is 12.3 Å². The normalized spacial score (nSPS) is 10.4. The number of rotatable bonds is 4. The van der Waals surface area contributed by atoms with E-state index in [1.54, 1.807) is 13.0 Å². The van der Waals surface area contributed by atoms with Gasteiger partial charge in [0.1, 0.15) is 0 Å². The van der Waals surface area contributed by atoms with Gasteiger partial charge in [0.15, 0.2) is 6.54 Å². The Labute approximate surface area is 110 Å². The van der Waals surface area contributed by atoms with Crippen LogP contribution in [0.5, 0.6) is 0 Å². The molecule has 0 fully saturated rings. The third kappa shape index (κ3) is 3.06. The highest BCUT2D eigenvalue weighted by molar-refractivity contribution is 5.69. The van der Waals surface area contributed by atoms with Crippen molar-refractivity contribution < 1.29 is 9.53 Å². The molecular weight excluding hydrogens is 246 g/mol. The van der Waals surface area contributed by atoms with E-state index in [9.17, 15) is 4.79 Å². The number of carbonyl (C=O) groups excluding carboxylic acids is 1. The molecule has 0 aliphatic rings. The monoisotopic (exact) mass is 261 g/mol. The quantitative estimate of drug-likeness (QED) is 0.645. The number of nitrogens with zero attached hydrogens (tertiary/aromatic N) is 4. The van der Waals surface area contributed by atoms with E-state index in [2.05, 4.69) is 15.4 Å². The van der Waals surface area contributed by atoms with Crippen LogP contribution < -0.4 is 5.73 Å². The number of ether oxygens (including phenoxy) is 1. The van der Waals surface area contributed by atoms with Gasteiger partial charge in [-0.3, -0.25) is 0 Å². The minimum atomic E-state index is -0.394. The maximum atomic E-state index is 11.3. The first-order valence-corrected chi connectivity index (χ1v) is 5.90. The van der Waals surface area contributed by atoms with Gasteiger partial charge in [-0.05, 0) is 30.7 Å². The zero-order valence-electron chi connectivity index (χ0n) is 10.8. The van der Waals surface area contributed by atoms with Gasteiger partial charge >= 0.3 is 5.97 Å². The average Bonchev–Trinajstić information content (AvgIpc) is 2.81. The molecule has 0 spiro atoms. The fourth-order valence-corrected chi connectivity index (χ4v) is 1.53. The van der Waals surface area contributed by atoms with E-state index >= 15 is 0 Å². The number of aryl methyl sites for hydroxylation is 1. The molecule has 19 heavy (non-hydrogen) atoms. The van der Waals surface area contributed by atoms with Gasteiger partial charge in [-0.15, -0.1) is 10.2 Å². The summed E-state index contributed by atoms with van der Waals surface area (Å²) in [6.07, 6.45) is 0. The molecule has 0 radical (unpaired) electrons. The number of hydrogen-bond acceptors (Lipinski definition) is 6. The van der Waals surface area contributed by atoms with Crippen LogP contribution in [0.3, 0.4) is 0 Å². The second-order valence-corrected chi connectivity index (χ2v) is 4.02. The van der Waals surface area contributed by atoms with Crippen molar-refractivity contribution in [2.45, 2.75) is 20.4 Å². The Bertz CT molecular complexity index is 594. The molecule has 0 saturated heterocycles. The van der Waals surface area contributed by atoms with Crippen molar-refractivity contribution in [1.29, 1.82) is 0 Å². The molecule has 0 unspecified atom stereocenters. The van der Waals surface area contributed by atoms with Gasteiger partial charge in [-0.1, -0.05) is 12.1 Å². The summed E-state index contributed by atoms with van der Waals surface area (Å²) in [6.45, 7) is 3.94. The lowest BCUT2D eigenvalue weighted by Gasteiger charge is -2.01. The number of aromatic nitrogens is 4. The topological polar surface area (TPSA) is 95.9 Å². The van der Waals surface area contributed by atoms with Crippen LogP contribution in [-0.2, 0) is 16.1 Å². The molecule has 0 amide bonds. The van der Waals surface area contributed by atoms with E-state index in [-0.39, 0.29) is 6.54 Å². The molecule has 2 N–H and O–H groups in total. The molecule has 7 nitrogen and oxygen atoms in total. The number of benzene rings is 1. The molecule has 0 aliphatic carbocycles. The summed E-state index contributed by atoms with van der Waals surface area (Å²) in [4.78, 5) is 12.5. The molecule has 1 heterocycles. The molecule has 0 saturated carbocycles. The van der Waals surface area contributed by atoms with Gasteiger partial charge in [0.25, 0.3) is 0 Å². The lowest BCUT2D eigenvalue weighted by molar-refractivity contribution is -0.144. The first-order chi connectivity index (χ1) is 9.10. The first kappa shape index (κ1) is 13.0. The minimum Gasteiger partial charge on any atom is -0.465 e. The Balaban J connectivity index is 2.16. The number of tetrazole rings is 1. The average molecular weight is 261 g/mol. The standard InChI is InChI=1S/C12H15N5O2/c1-3-19-11(18)7-17-15-12(14-16-17)9-5-4-8(2)10(13)6-9/h4-6H,3,7,13H2,1-2H3. The third-order valence-electron chi connectivity index (χ3n) is 2.57. The summed E-state index contributed by atoms with van der Waals surface area (Å²) >= 11 is 0. The van der Waals surface area contributed by atoms with Crippen molar-refractivity contribution in [2.24, 2.45) is 0 Å². The zero-order valence-corrected chi connectivity index (χ0v) is 10.8. The molecule has 1 aromatic carbocycles. The molecule has 100 valence electrons. The number of carbonyl (C=O) groups is 1. The van der Waals surface area contributed by atoms with Crippen LogP contribution in [0.2, 0.25) is 0 Å². The van der Waals surface area contributed by atoms with Gasteiger partial charge in [0.2, 0.25) is 5.82 Å². The van der Waals surface area contributed by atoms with E-state index in [1.807, 2.05) is 19.1 Å². The Morgan fingerprint density at radius 2 is 2.26 bits per heavy atom. The summed E-state index contributed by atoms with van der Waals surface area (Å²) in [5, 5.41) is 11.8. The Kier molecular flexibility index (Phi) is 3.74. The lowest BCUT2D eigenvalue weighted by atomic mass is 10.1. The summed E-state index contributed by atoms with van der Waals surface area (Å²) in [7, 11) is 0. The van der Waals surface area contributed by atoms with Gasteiger partial charge in [-0.2, -0.15) is 4.80 Å². The Hall–Kier alpha value is -2.44. The fraction of sp³-hybridized carbons (Fsp3) is 0.333. The highest BCUT2D eigenvalue weighted by Crippen LogP contribution is 2.19. The second-order valence-electron chi connectivity index (χ2n) is 4.02. The van der Waals surface area contributed by atoms with E-state index < -0.39 is 5.97 Å². The second kappa shape index (κ2) is 5.47. The van der Waals surface area contributed by atoms with E-state index in [0.717, 1.165) is 11.1 Å². The third-order valence-corrected chi connectivity index (χ3v) is 2.57. The molecule has 2 aromatic rings.